The highest BCUT2D eigenvalue weighted by Gasteiger charge is 2.22. The fourth-order valence-electron chi connectivity index (χ4n) is 3.62. The van der Waals surface area contributed by atoms with Crippen LogP contribution < -0.4 is 9.64 Å². The van der Waals surface area contributed by atoms with Gasteiger partial charge in [-0.2, -0.15) is 0 Å². The van der Waals surface area contributed by atoms with Crippen LogP contribution in [0.15, 0.2) is 54.6 Å². The maximum atomic E-state index is 5.48. The molecule has 0 N–H and O–H groups in total. The Bertz CT molecular complexity index is 885. The molecule has 0 atom stereocenters. The number of hydrogen-bond donors (Lipinski definition) is 0. The lowest BCUT2D eigenvalue weighted by atomic mass is 10.1. The van der Waals surface area contributed by atoms with Gasteiger partial charge in [-0.25, -0.2) is 0 Å². The predicted molar refractivity (Wildman–Crippen MR) is 107 cm³/mol. The van der Waals surface area contributed by atoms with Crippen LogP contribution in [-0.4, -0.2) is 53.0 Å². The third-order valence-electron chi connectivity index (χ3n) is 5.13. The summed E-state index contributed by atoms with van der Waals surface area (Å²) >= 11 is 0. The Morgan fingerprint density at radius 3 is 2.33 bits per heavy atom. The van der Waals surface area contributed by atoms with Crippen LogP contribution in [-0.2, 0) is 13.6 Å². The third-order valence-corrected chi connectivity index (χ3v) is 5.13. The maximum absolute atomic E-state index is 5.48. The highest BCUT2D eigenvalue weighted by molar-refractivity contribution is 5.57. The van der Waals surface area contributed by atoms with Crippen molar-refractivity contribution in [3.8, 4) is 17.1 Å². The summed E-state index contributed by atoms with van der Waals surface area (Å²) in [5.41, 5.74) is 2.33. The molecule has 1 fully saturated rings. The van der Waals surface area contributed by atoms with E-state index in [-0.39, 0.29) is 0 Å². The summed E-state index contributed by atoms with van der Waals surface area (Å²) in [6.45, 7) is 4.77. The summed E-state index contributed by atoms with van der Waals surface area (Å²) in [7, 11) is 3.77. The standard InChI is InChI=1S/C21H25N5O/c1-24-20(17-8-4-3-5-9-17)22-23-21(24)26-14-12-25(13-15-26)16-18-10-6-7-11-19(18)27-2/h3-11H,12-16H2,1-2H3. The maximum Gasteiger partial charge on any atom is 0.227 e. The van der Waals surface area contributed by atoms with E-state index in [0.717, 1.165) is 55.8 Å². The Labute approximate surface area is 160 Å². The fraction of sp³-hybridized carbons (Fsp3) is 0.333. The second-order valence-electron chi connectivity index (χ2n) is 6.82. The minimum Gasteiger partial charge on any atom is -0.496 e. The highest BCUT2D eigenvalue weighted by Crippen LogP contribution is 2.23. The first-order chi connectivity index (χ1) is 13.3. The van der Waals surface area contributed by atoms with E-state index < -0.39 is 0 Å². The van der Waals surface area contributed by atoms with Crippen molar-refractivity contribution in [1.29, 1.82) is 0 Å². The lowest BCUT2D eigenvalue weighted by Gasteiger charge is -2.35. The minimum atomic E-state index is 0.905. The van der Waals surface area contributed by atoms with Gasteiger partial charge >= 0.3 is 0 Å². The molecule has 6 nitrogen and oxygen atoms in total. The Morgan fingerprint density at radius 2 is 1.59 bits per heavy atom. The van der Waals surface area contributed by atoms with Crippen molar-refractivity contribution in [2.24, 2.45) is 7.05 Å². The number of aromatic nitrogens is 3. The van der Waals surface area contributed by atoms with Gasteiger partial charge in [0.25, 0.3) is 0 Å². The largest absolute Gasteiger partial charge is 0.496 e. The van der Waals surface area contributed by atoms with E-state index in [1.807, 2.05) is 37.4 Å². The van der Waals surface area contributed by atoms with Crippen LogP contribution in [0.1, 0.15) is 5.56 Å². The number of benzene rings is 2. The number of rotatable bonds is 5. The topological polar surface area (TPSA) is 46.4 Å². The molecular weight excluding hydrogens is 338 g/mol. The Morgan fingerprint density at radius 1 is 0.889 bits per heavy atom. The second kappa shape index (κ2) is 7.80. The molecule has 0 saturated carbocycles. The first-order valence-electron chi connectivity index (χ1n) is 9.30. The number of nitrogens with zero attached hydrogens (tertiary/aromatic N) is 5. The van der Waals surface area contributed by atoms with Gasteiger partial charge in [-0.3, -0.25) is 9.47 Å². The molecule has 0 amide bonds. The van der Waals surface area contributed by atoms with Crippen molar-refractivity contribution < 1.29 is 4.74 Å². The molecule has 1 aliphatic heterocycles. The van der Waals surface area contributed by atoms with E-state index >= 15 is 0 Å². The number of anilines is 1. The van der Waals surface area contributed by atoms with Gasteiger partial charge < -0.3 is 9.64 Å². The van der Waals surface area contributed by atoms with Gasteiger partial charge in [-0.15, -0.1) is 10.2 Å². The van der Waals surface area contributed by atoms with Crippen molar-refractivity contribution >= 4 is 5.95 Å². The van der Waals surface area contributed by atoms with E-state index in [4.69, 9.17) is 4.74 Å². The normalized spacial score (nSPS) is 15.1. The van der Waals surface area contributed by atoms with E-state index in [1.54, 1.807) is 7.11 Å². The molecule has 1 aromatic heterocycles. The van der Waals surface area contributed by atoms with E-state index in [0.29, 0.717) is 0 Å². The molecule has 2 aromatic carbocycles. The molecule has 2 heterocycles. The van der Waals surface area contributed by atoms with Crippen molar-refractivity contribution in [3.63, 3.8) is 0 Å². The molecule has 1 saturated heterocycles. The number of ether oxygens (including phenoxy) is 1. The average molecular weight is 363 g/mol. The van der Waals surface area contributed by atoms with Crippen LogP contribution in [0.3, 0.4) is 0 Å². The van der Waals surface area contributed by atoms with Gasteiger partial charge in [0, 0.05) is 50.9 Å². The third kappa shape index (κ3) is 3.66. The molecule has 27 heavy (non-hydrogen) atoms. The molecule has 140 valence electrons. The van der Waals surface area contributed by atoms with Crippen molar-refractivity contribution in [2.45, 2.75) is 6.54 Å². The fourth-order valence-corrected chi connectivity index (χ4v) is 3.62. The SMILES string of the molecule is COc1ccccc1CN1CCN(c2nnc(-c3ccccc3)n2C)CC1. The summed E-state index contributed by atoms with van der Waals surface area (Å²) in [5, 5.41) is 8.86. The highest BCUT2D eigenvalue weighted by atomic mass is 16.5. The molecule has 0 radical (unpaired) electrons. The van der Waals surface area contributed by atoms with Crippen LogP contribution in [0.5, 0.6) is 5.75 Å². The summed E-state index contributed by atoms with van der Waals surface area (Å²) in [6.07, 6.45) is 0. The van der Waals surface area contributed by atoms with E-state index in [9.17, 15) is 0 Å². The first kappa shape index (κ1) is 17.5. The van der Waals surface area contributed by atoms with Gasteiger partial charge in [0.1, 0.15) is 5.75 Å². The number of piperazine rings is 1. The summed E-state index contributed by atoms with van der Waals surface area (Å²) in [6, 6.07) is 18.5. The average Bonchev–Trinajstić information content (AvgIpc) is 3.11. The van der Waals surface area contributed by atoms with Gasteiger partial charge in [0.05, 0.1) is 7.11 Å². The Kier molecular flexibility index (Phi) is 5.07. The van der Waals surface area contributed by atoms with E-state index in [1.165, 1.54) is 5.56 Å². The van der Waals surface area contributed by atoms with Crippen molar-refractivity contribution in [1.82, 2.24) is 19.7 Å². The molecule has 0 spiro atoms. The quantitative estimate of drug-likeness (QED) is 0.698. The molecular formula is C21H25N5O. The van der Waals surface area contributed by atoms with Crippen molar-refractivity contribution in [2.75, 3.05) is 38.2 Å². The molecule has 6 heteroatoms. The predicted octanol–water partition coefficient (Wildman–Crippen LogP) is 2.81. The Balaban J connectivity index is 1.42. The van der Waals surface area contributed by atoms with Gasteiger partial charge in [0.2, 0.25) is 5.95 Å². The van der Waals surface area contributed by atoms with Crippen LogP contribution in [0.4, 0.5) is 5.95 Å². The van der Waals surface area contributed by atoms with Crippen molar-refractivity contribution in [3.05, 3.63) is 60.2 Å². The molecule has 0 aliphatic carbocycles. The number of methoxy groups -OCH3 is 1. The monoisotopic (exact) mass is 363 g/mol. The van der Waals surface area contributed by atoms with Gasteiger partial charge in [-0.1, -0.05) is 48.5 Å². The van der Waals surface area contributed by atoms with Gasteiger partial charge in [-0.05, 0) is 6.07 Å². The minimum absolute atomic E-state index is 0.905. The number of hydrogen-bond acceptors (Lipinski definition) is 5. The van der Waals surface area contributed by atoms with Crippen LogP contribution >= 0.6 is 0 Å². The molecule has 0 unspecified atom stereocenters. The van der Waals surface area contributed by atoms with Crippen LogP contribution in [0, 0.1) is 0 Å². The lowest BCUT2D eigenvalue weighted by Crippen LogP contribution is -2.46. The molecule has 1 aliphatic rings. The summed E-state index contributed by atoms with van der Waals surface area (Å²) in [5.74, 6) is 2.80. The smallest absolute Gasteiger partial charge is 0.227 e. The van der Waals surface area contributed by atoms with Gasteiger partial charge in [0.15, 0.2) is 5.82 Å². The Hall–Kier alpha value is -2.86. The summed E-state index contributed by atoms with van der Waals surface area (Å²) in [4.78, 5) is 4.78. The molecule has 3 aromatic rings. The second-order valence-corrected chi connectivity index (χ2v) is 6.82. The molecule has 0 bridgehead atoms. The lowest BCUT2D eigenvalue weighted by molar-refractivity contribution is 0.244. The van der Waals surface area contributed by atoms with Crippen LogP contribution in [0.25, 0.3) is 11.4 Å². The number of para-hydroxylation sites is 1. The zero-order valence-corrected chi connectivity index (χ0v) is 15.9. The zero-order valence-electron chi connectivity index (χ0n) is 15.9. The summed E-state index contributed by atoms with van der Waals surface area (Å²) < 4.78 is 7.57. The molecule has 4 rings (SSSR count). The van der Waals surface area contributed by atoms with E-state index in [2.05, 4.69) is 48.8 Å². The van der Waals surface area contributed by atoms with Crippen LogP contribution in [0.2, 0.25) is 0 Å². The first-order valence-corrected chi connectivity index (χ1v) is 9.30. The zero-order chi connectivity index (χ0) is 18.6.